The zero-order valence-electron chi connectivity index (χ0n) is 11.4. The quantitative estimate of drug-likeness (QED) is 0.807. The van der Waals surface area contributed by atoms with Crippen molar-refractivity contribution >= 4 is 5.91 Å². The summed E-state index contributed by atoms with van der Waals surface area (Å²) in [6.45, 7) is 5.78. The van der Waals surface area contributed by atoms with E-state index in [4.69, 9.17) is 0 Å². The van der Waals surface area contributed by atoms with E-state index >= 15 is 0 Å². The number of carbonyl (C=O) groups is 1. The predicted molar refractivity (Wildman–Crippen MR) is 69.7 cm³/mol. The van der Waals surface area contributed by atoms with Crippen molar-refractivity contribution in [1.82, 2.24) is 10.2 Å². The van der Waals surface area contributed by atoms with Crippen molar-refractivity contribution in [2.75, 3.05) is 13.1 Å². The maximum absolute atomic E-state index is 11.8. The Morgan fingerprint density at radius 3 is 2.94 bits per heavy atom. The van der Waals surface area contributed by atoms with Crippen LogP contribution in [-0.2, 0) is 4.79 Å². The first-order chi connectivity index (χ1) is 8.67. The van der Waals surface area contributed by atoms with Gasteiger partial charge in [-0.2, -0.15) is 5.26 Å². The SMILES string of the molecule is CCC1CCC(C#N)C(N2CCNC(=O)C2C)C1. The minimum absolute atomic E-state index is 0.0878. The fourth-order valence-electron chi connectivity index (χ4n) is 3.37. The number of nitrogens with zero attached hydrogens (tertiary/aromatic N) is 2. The first kappa shape index (κ1) is 13.4. The zero-order valence-corrected chi connectivity index (χ0v) is 11.4. The van der Waals surface area contributed by atoms with Crippen LogP contribution in [0.5, 0.6) is 0 Å². The molecule has 0 aromatic rings. The van der Waals surface area contributed by atoms with Gasteiger partial charge in [0.15, 0.2) is 0 Å². The minimum Gasteiger partial charge on any atom is -0.353 e. The standard InChI is InChI=1S/C14H23N3O/c1-3-11-4-5-12(9-15)13(8-11)17-7-6-16-14(18)10(17)2/h10-13H,3-8H2,1-2H3,(H,16,18). The molecule has 1 heterocycles. The molecule has 2 rings (SSSR count). The zero-order chi connectivity index (χ0) is 13.1. The highest BCUT2D eigenvalue weighted by Crippen LogP contribution is 2.34. The Bertz CT molecular complexity index is 349. The number of amides is 1. The third-order valence-corrected chi connectivity index (χ3v) is 4.64. The smallest absolute Gasteiger partial charge is 0.237 e. The van der Waals surface area contributed by atoms with Crippen LogP contribution in [0.25, 0.3) is 0 Å². The summed E-state index contributed by atoms with van der Waals surface area (Å²) in [5.74, 6) is 0.925. The van der Waals surface area contributed by atoms with E-state index in [9.17, 15) is 10.1 Å². The Kier molecular flexibility index (Phi) is 4.23. The van der Waals surface area contributed by atoms with Gasteiger partial charge >= 0.3 is 0 Å². The summed E-state index contributed by atoms with van der Waals surface area (Å²) in [6.07, 6.45) is 4.42. The molecule has 4 atom stereocenters. The Balaban J connectivity index is 2.12. The van der Waals surface area contributed by atoms with Gasteiger partial charge in [-0.25, -0.2) is 0 Å². The van der Waals surface area contributed by atoms with Crippen LogP contribution in [0, 0.1) is 23.2 Å². The molecule has 4 heteroatoms. The van der Waals surface area contributed by atoms with Crippen molar-refractivity contribution in [2.45, 2.75) is 51.6 Å². The van der Waals surface area contributed by atoms with Crippen LogP contribution < -0.4 is 5.32 Å². The molecule has 2 fully saturated rings. The molecule has 0 bridgehead atoms. The van der Waals surface area contributed by atoms with E-state index in [1.807, 2.05) is 6.92 Å². The number of nitriles is 1. The maximum Gasteiger partial charge on any atom is 0.237 e. The van der Waals surface area contributed by atoms with Crippen LogP contribution in [0.2, 0.25) is 0 Å². The molecule has 4 nitrogen and oxygen atoms in total. The molecule has 100 valence electrons. The van der Waals surface area contributed by atoms with Gasteiger partial charge in [0.2, 0.25) is 5.91 Å². The fourth-order valence-corrected chi connectivity index (χ4v) is 3.37. The highest BCUT2D eigenvalue weighted by atomic mass is 16.2. The first-order valence-electron chi connectivity index (χ1n) is 7.10. The highest BCUT2D eigenvalue weighted by Gasteiger charge is 2.38. The number of piperazine rings is 1. The monoisotopic (exact) mass is 249 g/mol. The molecular weight excluding hydrogens is 226 g/mol. The van der Waals surface area contributed by atoms with Gasteiger partial charge in [-0.15, -0.1) is 0 Å². The van der Waals surface area contributed by atoms with Gasteiger partial charge in [-0.05, 0) is 32.1 Å². The molecule has 18 heavy (non-hydrogen) atoms. The van der Waals surface area contributed by atoms with E-state index in [2.05, 4.69) is 23.2 Å². The van der Waals surface area contributed by atoms with Gasteiger partial charge in [0, 0.05) is 19.1 Å². The van der Waals surface area contributed by atoms with Crippen molar-refractivity contribution in [1.29, 1.82) is 5.26 Å². The summed E-state index contributed by atoms with van der Waals surface area (Å²) in [6, 6.07) is 2.64. The second kappa shape index (κ2) is 5.71. The molecule has 0 radical (unpaired) electrons. The molecule has 1 aliphatic heterocycles. The van der Waals surface area contributed by atoms with Gasteiger partial charge in [-0.3, -0.25) is 9.69 Å². The van der Waals surface area contributed by atoms with Crippen LogP contribution in [0.15, 0.2) is 0 Å². The van der Waals surface area contributed by atoms with E-state index in [1.54, 1.807) is 0 Å². The summed E-state index contributed by atoms with van der Waals surface area (Å²) in [5, 5.41) is 12.2. The van der Waals surface area contributed by atoms with Crippen molar-refractivity contribution in [3.63, 3.8) is 0 Å². The van der Waals surface area contributed by atoms with Gasteiger partial charge in [-0.1, -0.05) is 13.3 Å². The lowest BCUT2D eigenvalue weighted by Gasteiger charge is -2.44. The van der Waals surface area contributed by atoms with E-state index in [0.29, 0.717) is 6.54 Å². The Labute approximate surface area is 109 Å². The first-order valence-corrected chi connectivity index (χ1v) is 7.10. The summed E-state index contributed by atoms with van der Waals surface area (Å²) >= 11 is 0. The second-order valence-electron chi connectivity index (χ2n) is 5.60. The molecule has 0 spiro atoms. The second-order valence-corrected chi connectivity index (χ2v) is 5.60. The van der Waals surface area contributed by atoms with Crippen LogP contribution in [0.1, 0.15) is 39.5 Å². The number of hydrogen-bond acceptors (Lipinski definition) is 3. The van der Waals surface area contributed by atoms with E-state index in [0.717, 1.165) is 25.3 Å². The molecule has 0 aromatic heterocycles. The van der Waals surface area contributed by atoms with E-state index < -0.39 is 0 Å². The Morgan fingerprint density at radius 2 is 2.28 bits per heavy atom. The Morgan fingerprint density at radius 1 is 1.50 bits per heavy atom. The lowest BCUT2D eigenvalue weighted by Crippen LogP contribution is -2.59. The summed E-state index contributed by atoms with van der Waals surface area (Å²) in [5.41, 5.74) is 0. The molecule has 0 aromatic carbocycles. The average molecular weight is 249 g/mol. The van der Waals surface area contributed by atoms with Gasteiger partial charge in [0.1, 0.15) is 0 Å². The van der Waals surface area contributed by atoms with Crippen molar-refractivity contribution in [3.8, 4) is 6.07 Å². The number of hydrogen-bond donors (Lipinski definition) is 1. The van der Waals surface area contributed by atoms with Gasteiger partial charge in [0.05, 0.1) is 18.0 Å². The molecule has 1 saturated carbocycles. The number of rotatable bonds is 2. The van der Waals surface area contributed by atoms with Crippen LogP contribution in [0.4, 0.5) is 0 Å². The Hall–Kier alpha value is -1.08. The topological polar surface area (TPSA) is 56.1 Å². The summed E-state index contributed by atoms with van der Waals surface area (Å²) in [4.78, 5) is 14.0. The van der Waals surface area contributed by atoms with Crippen molar-refractivity contribution in [3.05, 3.63) is 0 Å². The van der Waals surface area contributed by atoms with Crippen LogP contribution >= 0.6 is 0 Å². The maximum atomic E-state index is 11.8. The van der Waals surface area contributed by atoms with Crippen molar-refractivity contribution < 1.29 is 4.79 Å². The van der Waals surface area contributed by atoms with E-state index in [1.165, 1.54) is 12.8 Å². The van der Waals surface area contributed by atoms with Gasteiger partial charge in [0.25, 0.3) is 0 Å². The summed E-state index contributed by atoms with van der Waals surface area (Å²) < 4.78 is 0. The molecule has 4 unspecified atom stereocenters. The predicted octanol–water partition coefficient (Wildman–Crippen LogP) is 1.53. The number of carbonyl (C=O) groups excluding carboxylic acids is 1. The molecular formula is C14H23N3O. The van der Waals surface area contributed by atoms with Crippen LogP contribution in [-0.4, -0.2) is 36.0 Å². The average Bonchev–Trinajstić information content (AvgIpc) is 2.41. The molecule has 2 aliphatic rings. The third kappa shape index (κ3) is 2.51. The third-order valence-electron chi connectivity index (χ3n) is 4.64. The molecule has 1 N–H and O–H groups in total. The largest absolute Gasteiger partial charge is 0.353 e. The number of nitrogens with one attached hydrogen (secondary N) is 1. The lowest BCUT2D eigenvalue weighted by molar-refractivity contribution is -0.130. The molecule has 1 aliphatic carbocycles. The van der Waals surface area contributed by atoms with Crippen LogP contribution in [0.3, 0.4) is 0 Å². The highest BCUT2D eigenvalue weighted by molar-refractivity contribution is 5.82. The van der Waals surface area contributed by atoms with E-state index in [-0.39, 0.29) is 23.9 Å². The molecule has 1 saturated heterocycles. The van der Waals surface area contributed by atoms with Crippen molar-refractivity contribution in [2.24, 2.45) is 11.8 Å². The molecule has 1 amide bonds. The normalized spacial score (nSPS) is 37.9. The lowest BCUT2D eigenvalue weighted by atomic mass is 9.76. The van der Waals surface area contributed by atoms with Gasteiger partial charge < -0.3 is 5.32 Å². The summed E-state index contributed by atoms with van der Waals surface area (Å²) in [7, 11) is 0. The minimum atomic E-state index is -0.0878. The fraction of sp³-hybridized carbons (Fsp3) is 0.857.